The van der Waals surface area contributed by atoms with E-state index >= 15 is 0 Å². The number of aromatic nitrogens is 2. The number of alkyl halides is 6. The summed E-state index contributed by atoms with van der Waals surface area (Å²) < 4.78 is 96.5. The Morgan fingerprint density at radius 1 is 1.19 bits per heavy atom. The molecule has 6 nitrogen and oxygen atoms in total. The predicted octanol–water partition coefficient (Wildman–Crippen LogP) is 5.78. The molecule has 37 heavy (non-hydrogen) atoms. The molecule has 2 aromatic rings. The van der Waals surface area contributed by atoms with Crippen molar-refractivity contribution in [3.63, 3.8) is 0 Å². The Kier molecular flexibility index (Phi) is 7.45. The number of allylic oxidation sites excluding steroid dienone is 3. The number of hydrogen-bond donors (Lipinski definition) is 1. The van der Waals surface area contributed by atoms with E-state index in [1.54, 1.807) is 6.08 Å². The van der Waals surface area contributed by atoms with Crippen LogP contribution in [0.25, 0.3) is 11.5 Å². The first kappa shape index (κ1) is 26.8. The van der Waals surface area contributed by atoms with Crippen LogP contribution in [-0.2, 0) is 17.5 Å². The van der Waals surface area contributed by atoms with Crippen molar-refractivity contribution in [3.05, 3.63) is 58.8 Å². The number of halogens is 7. The van der Waals surface area contributed by atoms with Crippen molar-refractivity contribution in [2.24, 2.45) is 5.92 Å². The highest BCUT2D eigenvalue weighted by Crippen LogP contribution is 2.35. The van der Waals surface area contributed by atoms with Crippen molar-refractivity contribution in [2.75, 3.05) is 6.54 Å². The second kappa shape index (κ2) is 10.3. The third-order valence-electron chi connectivity index (χ3n) is 6.46. The summed E-state index contributed by atoms with van der Waals surface area (Å²) in [5, 5.41) is 6.40. The van der Waals surface area contributed by atoms with Gasteiger partial charge in [0.1, 0.15) is 5.82 Å². The van der Waals surface area contributed by atoms with Crippen molar-refractivity contribution in [2.45, 2.75) is 57.5 Å². The lowest BCUT2D eigenvalue weighted by molar-refractivity contribution is -0.140. The van der Waals surface area contributed by atoms with Crippen molar-refractivity contribution in [1.29, 1.82) is 0 Å². The van der Waals surface area contributed by atoms with E-state index in [0.717, 1.165) is 12.1 Å². The maximum Gasteiger partial charge on any atom is 0.419 e. The minimum atomic E-state index is -4.88. The zero-order valence-electron chi connectivity index (χ0n) is 19.6. The molecule has 2 atom stereocenters. The third-order valence-corrected chi connectivity index (χ3v) is 6.46. The molecule has 2 unspecified atom stereocenters. The number of carbonyl (C=O) groups excluding carboxylic acids is 1. The smallest absolute Gasteiger partial charge is 0.334 e. The number of rotatable bonds is 5. The van der Waals surface area contributed by atoms with Crippen LogP contribution in [0.5, 0.6) is 0 Å². The number of nitrogens with one attached hydrogen (secondary N) is 1. The fraction of sp³-hybridized carbons (Fsp3) is 0.458. The Hall–Kier alpha value is -3.22. The molecule has 0 spiro atoms. The van der Waals surface area contributed by atoms with E-state index in [1.165, 1.54) is 0 Å². The van der Waals surface area contributed by atoms with Crippen LogP contribution < -0.4 is 5.32 Å². The molecule has 1 N–H and O–H groups in total. The van der Waals surface area contributed by atoms with Gasteiger partial charge in [-0.3, -0.25) is 9.69 Å². The van der Waals surface area contributed by atoms with Gasteiger partial charge in [-0.25, -0.2) is 4.39 Å². The van der Waals surface area contributed by atoms with Gasteiger partial charge in [-0.1, -0.05) is 11.2 Å². The lowest BCUT2D eigenvalue weighted by Crippen LogP contribution is -2.44. The van der Waals surface area contributed by atoms with E-state index in [0.29, 0.717) is 31.5 Å². The molecule has 1 saturated heterocycles. The van der Waals surface area contributed by atoms with E-state index < -0.39 is 35.2 Å². The number of benzene rings is 1. The summed E-state index contributed by atoms with van der Waals surface area (Å²) in [6, 6.07) is 2.29. The van der Waals surface area contributed by atoms with E-state index in [2.05, 4.69) is 15.5 Å². The average molecular weight is 532 g/mol. The molecular formula is C24H23F7N4O2. The second-order valence-corrected chi connectivity index (χ2v) is 9.10. The zero-order valence-corrected chi connectivity index (χ0v) is 19.6. The Bertz CT molecular complexity index is 1220. The first-order valence-electron chi connectivity index (χ1n) is 11.5. The van der Waals surface area contributed by atoms with Gasteiger partial charge >= 0.3 is 12.4 Å². The van der Waals surface area contributed by atoms with Gasteiger partial charge in [-0.2, -0.15) is 31.3 Å². The van der Waals surface area contributed by atoms with Gasteiger partial charge in [-0.15, -0.1) is 0 Å². The Morgan fingerprint density at radius 3 is 2.62 bits per heavy atom. The van der Waals surface area contributed by atoms with Crippen molar-refractivity contribution < 1.29 is 40.1 Å². The third kappa shape index (κ3) is 6.38. The number of piperidine rings is 1. The summed E-state index contributed by atoms with van der Waals surface area (Å²) in [4.78, 5) is 18.8. The molecule has 1 aromatic carbocycles. The van der Waals surface area contributed by atoms with Gasteiger partial charge in [0.15, 0.2) is 5.82 Å². The Labute approximate surface area is 207 Å². The maximum atomic E-state index is 13.6. The van der Waals surface area contributed by atoms with E-state index in [9.17, 15) is 35.5 Å². The van der Waals surface area contributed by atoms with Crippen molar-refractivity contribution in [1.82, 2.24) is 20.4 Å². The van der Waals surface area contributed by atoms with E-state index in [1.807, 2.05) is 11.8 Å². The minimum absolute atomic E-state index is 0.0735. The average Bonchev–Trinajstić information content (AvgIpc) is 3.28. The van der Waals surface area contributed by atoms with Crippen LogP contribution >= 0.6 is 0 Å². The molecule has 1 aliphatic heterocycles. The molecule has 2 heterocycles. The van der Waals surface area contributed by atoms with Crippen LogP contribution in [0.4, 0.5) is 30.7 Å². The lowest BCUT2D eigenvalue weighted by Gasteiger charge is -2.36. The standard InChI is InChI=1S/C24H23F7N4O2/c1-13-9-14(21(36)32-17-4-2-3-16(11-17)23(26,27)28)7-8-35(13)12-20-33-22(37-34-20)15-5-6-19(25)18(10-15)24(29,30)31/h4-6,10-11,13-14H,2-3,7-9,12H2,1H3,(H,32,36). The highest BCUT2D eigenvalue weighted by molar-refractivity contribution is 5.81. The minimum Gasteiger partial charge on any atom is -0.334 e. The molecule has 4 rings (SSSR count). The predicted molar refractivity (Wildman–Crippen MR) is 117 cm³/mol. The fourth-order valence-corrected chi connectivity index (χ4v) is 4.44. The van der Waals surface area contributed by atoms with Gasteiger partial charge in [0.05, 0.1) is 12.1 Å². The largest absolute Gasteiger partial charge is 0.419 e. The van der Waals surface area contributed by atoms with E-state index in [-0.39, 0.29) is 54.3 Å². The monoisotopic (exact) mass is 532 g/mol. The molecule has 200 valence electrons. The number of likely N-dealkylation sites (tertiary alicyclic amines) is 1. The molecule has 0 saturated carbocycles. The first-order chi connectivity index (χ1) is 17.3. The van der Waals surface area contributed by atoms with Crippen LogP contribution in [0.1, 0.15) is 44.0 Å². The van der Waals surface area contributed by atoms with Gasteiger partial charge in [0.2, 0.25) is 5.91 Å². The zero-order chi connectivity index (χ0) is 27.0. The molecule has 1 aliphatic carbocycles. The molecule has 2 aliphatic rings. The first-order valence-corrected chi connectivity index (χ1v) is 11.5. The van der Waals surface area contributed by atoms with Gasteiger partial charge < -0.3 is 9.84 Å². The number of nitrogens with zero attached hydrogens (tertiary/aromatic N) is 3. The topological polar surface area (TPSA) is 71.3 Å². The molecule has 0 radical (unpaired) electrons. The van der Waals surface area contributed by atoms with Crippen LogP contribution in [0.2, 0.25) is 0 Å². The molecule has 0 bridgehead atoms. The Morgan fingerprint density at radius 2 is 1.95 bits per heavy atom. The van der Waals surface area contributed by atoms with Crippen molar-refractivity contribution in [3.8, 4) is 11.5 Å². The normalized spacial score (nSPS) is 21.4. The van der Waals surface area contributed by atoms with E-state index in [4.69, 9.17) is 4.52 Å². The second-order valence-electron chi connectivity index (χ2n) is 9.10. The quantitative estimate of drug-likeness (QED) is 0.495. The number of carbonyl (C=O) groups is 1. The fourth-order valence-electron chi connectivity index (χ4n) is 4.44. The van der Waals surface area contributed by atoms with Gasteiger partial charge in [-0.05, 0) is 63.4 Å². The summed E-state index contributed by atoms with van der Waals surface area (Å²) in [5.74, 6) is -2.14. The molecule has 1 amide bonds. The Balaban J connectivity index is 1.35. The number of hydrogen-bond acceptors (Lipinski definition) is 5. The van der Waals surface area contributed by atoms with Crippen LogP contribution in [-0.4, -0.2) is 39.7 Å². The van der Waals surface area contributed by atoms with Gasteiger partial charge in [0.25, 0.3) is 5.89 Å². The molecule has 13 heteroatoms. The highest BCUT2D eigenvalue weighted by Gasteiger charge is 2.36. The maximum absolute atomic E-state index is 13.6. The summed E-state index contributed by atoms with van der Waals surface area (Å²) in [6.07, 6.45) is -5.83. The molecular weight excluding hydrogens is 509 g/mol. The van der Waals surface area contributed by atoms with Crippen LogP contribution in [0.3, 0.4) is 0 Å². The summed E-state index contributed by atoms with van der Waals surface area (Å²) >= 11 is 0. The van der Waals surface area contributed by atoms with Crippen molar-refractivity contribution >= 4 is 5.91 Å². The summed E-state index contributed by atoms with van der Waals surface area (Å²) in [5.41, 5.74) is -2.04. The molecule has 1 aromatic heterocycles. The summed E-state index contributed by atoms with van der Waals surface area (Å²) in [6.45, 7) is 2.54. The molecule has 1 fully saturated rings. The summed E-state index contributed by atoms with van der Waals surface area (Å²) in [7, 11) is 0. The van der Waals surface area contributed by atoms with Crippen LogP contribution in [0.15, 0.2) is 46.1 Å². The van der Waals surface area contributed by atoms with Gasteiger partial charge in [0, 0.05) is 28.8 Å². The SMILES string of the molecule is CC1CC(C(=O)NC2=CCCC(C(F)(F)F)=C2)CCN1Cc1noc(-c2ccc(F)c(C(F)(F)F)c2)n1. The highest BCUT2D eigenvalue weighted by atomic mass is 19.4. The van der Waals surface area contributed by atoms with Crippen LogP contribution in [0, 0.1) is 11.7 Å². The lowest BCUT2D eigenvalue weighted by atomic mass is 9.90. The number of amides is 1.